The third kappa shape index (κ3) is 2.98. The molecule has 2 aromatic rings. The molecular weight excluding hydrogens is 284 g/mol. The lowest BCUT2D eigenvalue weighted by atomic mass is 10.3. The van der Waals surface area contributed by atoms with Crippen molar-refractivity contribution in [2.45, 2.75) is 13.5 Å². The number of esters is 1. The predicted molar refractivity (Wildman–Crippen MR) is 75.3 cm³/mol. The highest BCUT2D eigenvalue weighted by Crippen LogP contribution is 2.31. The van der Waals surface area contributed by atoms with Crippen LogP contribution in [0.5, 0.6) is 0 Å². The van der Waals surface area contributed by atoms with Crippen LogP contribution >= 0.6 is 22.9 Å². The molecular formula is C13H11ClN2O2S. The molecule has 0 N–H and O–H groups in total. The molecule has 0 aromatic carbocycles. The molecule has 2 aromatic heterocycles. The number of carbonyl (C=O) groups excluding carboxylic acids is 1. The summed E-state index contributed by atoms with van der Waals surface area (Å²) in [6.07, 6.45) is 5.31. The van der Waals surface area contributed by atoms with Crippen molar-refractivity contribution in [1.82, 2.24) is 9.78 Å². The summed E-state index contributed by atoms with van der Waals surface area (Å²) < 4.78 is 7.19. The van der Waals surface area contributed by atoms with E-state index >= 15 is 0 Å². The van der Waals surface area contributed by atoms with E-state index in [0.717, 1.165) is 10.6 Å². The SMILES string of the molecule is C#CCn1nc(C(=O)OCC)cc1-c1ccc(Cl)s1. The molecule has 0 spiro atoms. The molecule has 0 amide bonds. The number of nitrogens with zero attached hydrogens (tertiary/aromatic N) is 2. The second-order valence-electron chi connectivity index (χ2n) is 3.60. The van der Waals surface area contributed by atoms with Crippen LogP contribution in [0.15, 0.2) is 18.2 Å². The number of halogens is 1. The van der Waals surface area contributed by atoms with E-state index < -0.39 is 5.97 Å². The van der Waals surface area contributed by atoms with Gasteiger partial charge in [-0.25, -0.2) is 4.79 Å². The number of thiophene rings is 1. The zero-order valence-electron chi connectivity index (χ0n) is 10.2. The molecule has 98 valence electrons. The molecule has 0 aliphatic rings. The zero-order chi connectivity index (χ0) is 13.8. The van der Waals surface area contributed by atoms with Crippen molar-refractivity contribution in [2.75, 3.05) is 6.61 Å². The van der Waals surface area contributed by atoms with Crippen molar-refractivity contribution in [3.8, 4) is 22.9 Å². The topological polar surface area (TPSA) is 44.1 Å². The summed E-state index contributed by atoms with van der Waals surface area (Å²) in [5, 5.41) is 4.17. The zero-order valence-corrected chi connectivity index (χ0v) is 11.8. The van der Waals surface area contributed by atoms with Crippen LogP contribution in [0.4, 0.5) is 0 Å². The minimum absolute atomic E-state index is 0.247. The Morgan fingerprint density at radius 3 is 3.00 bits per heavy atom. The van der Waals surface area contributed by atoms with Crippen LogP contribution in [0.2, 0.25) is 4.34 Å². The van der Waals surface area contributed by atoms with Gasteiger partial charge in [0, 0.05) is 0 Å². The molecule has 2 heterocycles. The molecule has 6 heteroatoms. The first-order chi connectivity index (χ1) is 9.15. The Balaban J connectivity index is 2.41. The van der Waals surface area contributed by atoms with Crippen molar-refractivity contribution >= 4 is 28.9 Å². The molecule has 0 aliphatic carbocycles. The molecule has 0 radical (unpaired) electrons. The van der Waals surface area contributed by atoms with Gasteiger partial charge in [0.2, 0.25) is 0 Å². The lowest BCUT2D eigenvalue weighted by Gasteiger charge is -2.00. The molecule has 0 unspecified atom stereocenters. The normalized spacial score (nSPS) is 10.2. The number of hydrogen-bond acceptors (Lipinski definition) is 4. The summed E-state index contributed by atoms with van der Waals surface area (Å²) in [6, 6.07) is 5.32. The Morgan fingerprint density at radius 2 is 2.42 bits per heavy atom. The van der Waals surface area contributed by atoms with E-state index in [1.165, 1.54) is 11.3 Å². The van der Waals surface area contributed by atoms with Crippen LogP contribution < -0.4 is 0 Å². The summed E-state index contributed by atoms with van der Waals surface area (Å²) in [6.45, 7) is 2.33. The van der Waals surface area contributed by atoms with Crippen molar-refractivity contribution in [1.29, 1.82) is 0 Å². The second kappa shape index (κ2) is 5.91. The molecule has 4 nitrogen and oxygen atoms in total. The van der Waals surface area contributed by atoms with Gasteiger partial charge in [0.15, 0.2) is 5.69 Å². The summed E-state index contributed by atoms with van der Waals surface area (Å²) in [7, 11) is 0. The number of hydrogen-bond donors (Lipinski definition) is 0. The van der Waals surface area contributed by atoms with Gasteiger partial charge < -0.3 is 4.74 Å². The van der Waals surface area contributed by atoms with E-state index in [4.69, 9.17) is 22.8 Å². The van der Waals surface area contributed by atoms with E-state index in [2.05, 4.69) is 11.0 Å². The van der Waals surface area contributed by atoms with Crippen molar-refractivity contribution in [3.63, 3.8) is 0 Å². The first kappa shape index (κ1) is 13.7. The highest BCUT2D eigenvalue weighted by atomic mass is 35.5. The maximum Gasteiger partial charge on any atom is 0.358 e. The van der Waals surface area contributed by atoms with Gasteiger partial charge >= 0.3 is 5.97 Å². The van der Waals surface area contributed by atoms with Crippen LogP contribution in [-0.2, 0) is 11.3 Å². The molecule has 2 rings (SSSR count). The lowest BCUT2D eigenvalue weighted by Crippen LogP contribution is -2.07. The number of carbonyl (C=O) groups is 1. The van der Waals surface area contributed by atoms with E-state index in [-0.39, 0.29) is 12.2 Å². The number of aromatic nitrogens is 2. The summed E-state index contributed by atoms with van der Waals surface area (Å²) in [5.41, 5.74) is 1.01. The lowest BCUT2D eigenvalue weighted by molar-refractivity contribution is 0.0518. The van der Waals surface area contributed by atoms with Crippen LogP contribution in [0.3, 0.4) is 0 Å². The monoisotopic (exact) mass is 294 g/mol. The van der Waals surface area contributed by atoms with E-state index in [0.29, 0.717) is 10.9 Å². The maximum absolute atomic E-state index is 11.7. The Morgan fingerprint density at radius 1 is 1.63 bits per heavy atom. The minimum atomic E-state index is -0.456. The van der Waals surface area contributed by atoms with Crippen LogP contribution in [0, 0.1) is 12.3 Å². The van der Waals surface area contributed by atoms with Gasteiger partial charge in [-0.3, -0.25) is 4.68 Å². The standard InChI is InChI=1S/C13H11ClN2O2S/c1-3-7-16-10(11-5-6-12(14)19-11)8-9(15-16)13(17)18-4-2/h1,5-6,8H,4,7H2,2H3. The minimum Gasteiger partial charge on any atom is -0.461 e. The van der Waals surface area contributed by atoms with Crippen LogP contribution in [0.1, 0.15) is 17.4 Å². The van der Waals surface area contributed by atoms with Crippen molar-refractivity contribution in [2.24, 2.45) is 0 Å². The fourth-order valence-electron chi connectivity index (χ4n) is 1.58. The summed E-state index contributed by atoms with van der Waals surface area (Å²) in [4.78, 5) is 12.6. The van der Waals surface area contributed by atoms with Gasteiger partial charge in [0.05, 0.1) is 21.5 Å². The largest absolute Gasteiger partial charge is 0.461 e. The van der Waals surface area contributed by atoms with Crippen molar-refractivity contribution < 1.29 is 9.53 Å². The van der Waals surface area contributed by atoms with E-state index in [1.54, 1.807) is 23.7 Å². The van der Waals surface area contributed by atoms with Crippen LogP contribution in [0.25, 0.3) is 10.6 Å². The first-order valence-corrected chi connectivity index (χ1v) is 6.79. The molecule has 0 atom stereocenters. The smallest absolute Gasteiger partial charge is 0.358 e. The van der Waals surface area contributed by atoms with Gasteiger partial charge in [-0.15, -0.1) is 17.8 Å². The average Bonchev–Trinajstić information content (AvgIpc) is 2.96. The molecule has 0 bridgehead atoms. The van der Waals surface area contributed by atoms with E-state index in [1.807, 2.05) is 6.07 Å². The first-order valence-electron chi connectivity index (χ1n) is 5.59. The Hall–Kier alpha value is -1.77. The maximum atomic E-state index is 11.7. The Kier molecular flexibility index (Phi) is 4.25. The van der Waals surface area contributed by atoms with Crippen LogP contribution in [-0.4, -0.2) is 22.4 Å². The molecule has 0 aliphatic heterocycles. The highest BCUT2D eigenvalue weighted by molar-refractivity contribution is 7.19. The fraction of sp³-hybridized carbons (Fsp3) is 0.231. The third-order valence-corrected chi connectivity index (χ3v) is 3.58. The number of ether oxygens (including phenoxy) is 1. The second-order valence-corrected chi connectivity index (χ2v) is 5.32. The van der Waals surface area contributed by atoms with Gasteiger partial charge in [-0.2, -0.15) is 5.10 Å². The average molecular weight is 295 g/mol. The quantitative estimate of drug-likeness (QED) is 0.643. The number of terminal acetylenes is 1. The van der Waals surface area contributed by atoms with Gasteiger partial charge in [0.25, 0.3) is 0 Å². The van der Waals surface area contributed by atoms with Gasteiger partial charge in [-0.05, 0) is 25.1 Å². The Bertz CT molecular complexity index is 639. The molecule has 19 heavy (non-hydrogen) atoms. The highest BCUT2D eigenvalue weighted by Gasteiger charge is 2.17. The van der Waals surface area contributed by atoms with Gasteiger partial charge in [0.1, 0.15) is 6.54 Å². The van der Waals surface area contributed by atoms with Gasteiger partial charge in [-0.1, -0.05) is 17.5 Å². The summed E-state index contributed by atoms with van der Waals surface area (Å²) >= 11 is 7.32. The predicted octanol–water partition coefficient (Wildman–Crippen LogP) is 3.07. The van der Waals surface area contributed by atoms with Crippen molar-refractivity contribution in [3.05, 3.63) is 28.2 Å². The van der Waals surface area contributed by atoms with E-state index in [9.17, 15) is 4.79 Å². The third-order valence-electron chi connectivity index (χ3n) is 2.33. The fourth-order valence-corrected chi connectivity index (χ4v) is 2.64. The molecule has 0 saturated carbocycles. The Labute approximate surface area is 120 Å². The molecule has 0 saturated heterocycles. The number of rotatable bonds is 4. The summed E-state index contributed by atoms with van der Waals surface area (Å²) in [5.74, 6) is 2.05. The molecule has 0 fully saturated rings.